The number of fused-ring (bicyclic) bond motifs is 1. The number of para-hydroxylation sites is 2. The van der Waals surface area contributed by atoms with Gasteiger partial charge in [0.25, 0.3) is 0 Å². The zero-order chi connectivity index (χ0) is 17.6. The Hall–Kier alpha value is -2.09. The van der Waals surface area contributed by atoms with E-state index in [2.05, 4.69) is 52.1 Å². The van der Waals surface area contributed by atoms with Gasteiger partial charge in [-0.25, -0.2) is 9.98 Å². The van der Waals surface area contributed by atoms with Crippen LogP contribution in [0.2, 0.25) is 0 Å². The number of nitrogens with one attached hydrogen (secondary N) is 1. The Bertz CT molecular complexity index is 855. The Labute approximate surface area is 172 Å². The number of hydrogen-bond donors (Lipinski definition) is 1. The third-order valence-corrected chi connectivity index (χ3v) is 4.14. The van der Waals surface area contributed by atoms with Gasteiger partial charge in [-0.05, 0) is 24.6 Å². The highest BCUT2D eigenvalue weighted by Gasteiger charge is 2.07. The predicted octanol–water partition coefficient (Wildman–Crippen LogP) is 3.67. The zero-order valence-corrected chi connectivity index (χ0v) is 17.8. The minimum atomic E-state index is 0. The Kier molecular flexibility index (Phi) is 7.44. The molecule has 0 aliphatic carbocycles. The number of halogens is 1. The smallest absolute Gasteiger partial charge is 0.193 e. The van der Waals surface area contributed by atoms with Gasteiger partial charge in [-0.1, -0.05) is 42.5 Å². The number of nitrogens with zero attached hydrogens (tertiary/aromatic N) is 4. The van der Waals surface area contributed by atoms with Crippen LogP contribution in [0.4, 0.5) is 0 Å². The third-order valence-electron chi connectivity index (χ3n) is 4.14. The van der Waals surface area contributed by atoms with Crippen LogP contribution in [0.1, 0.15) is 11.4 Å². The molecule has 138 valence electrons. The van der Waals surface area contributed by atoms with E-state index in [4.69, 9.17) is 4.99 Å². The summed E-state index contributed by atoms with van der Waals surface area (Å²) in [6.07, 6.45) is 0. The molecule has 0 saturated heterocycles. The lowest BCUT2D eigenvalue weighted by atomic mass is 10.2. The molecule has 0 amide bonds. The van der Waals surface area contributed by atoms with Crippen molar-refractivity contribution in [2.24, 2.45) is 4.99 Å². The van der Waals surface area contributed by atoms with Gasteiger partial charge >= 0.3 is 0 Å². The summed E-state index contributed by atoms with van der Waals surface area (Å²) in [5, 5.41) is 3.45. The first kappa shape index (κ1) is 20.2. The van der Waals surface area contributed by atoms with Gasteiger partial charge in [0.2, 0.25) is 0 Å². The number of aromatic nitrogens is 2. The maximum Gasteiger partial charge on any atom is 0.193 e. The van der Waals surface area contributed by atoms with Crippen LogP contribution in [0.25, 0.3) is 11.0 Å². The van der Waals surface area contributed by atoms with Gasteiger partial charge < -0.3 is 14.8 Å². The van der Waals surface area contributed by atoms with E-state index in [0.29, 0.717) is 6.54 Å². The van der Waals surface area contributed by atoms with Gasteiger partial charge in [0.1, 0.15) is 5.82 Å². The molecule has 0 spiro atoms. The molecule has 0 fully saturated rings. The molecular weight excluding hydrogens is 437 g/mol. The molecule has 0 radical (unpaired) electrons. The summed E-state index contributed by atoms with van der Waals surface area (Å²) in [5.41, 5.74) is 3.43. The first-order valence-corrected chi connectivity index (χ1v) is 8.56. The van der Waals surface area contributed by atoms with Gasteiger partial charge in [-0.3, -0.25) is 0 Å². The summed E-state index contributed by atoms with van der Waals surface area (Å²) >= 11 is 0. The summed E-state index contributed by atoms with van der Waals surface area (Å²) in [4.78, 5) is 11.3. The minimum Gasteiger partial charge on any atom is -0.354 e. The highest BCUT2D eigenvalue weighted by atomic mass is 127. The fraction of sp³-hybridized carbons (Fsp3) is 0.300. The summed E-state index contributed by atoms with van der Waals surface area (Å²) in [5.74, 6) is 1.93. The number of hydrogen-bond acceptors (Lipinski definition) is 2. The zero-order valence-electron chi connectivity index (χ0n) is 15.5. The SMILES string of the molecule is Cc1nc2ccccc2n1CCNC(=NCc1ccccc1)N(C)C.I. The average Bonchev–Trinajstić information content (AvgIpc) is 2.94. The molecular formula is C20H26IN5. The van der Waals surface area contributed by atoms with Gasteiger partial charge in [0.05, 0.1) is 17.6 Å². The van der Waals surface area contributed by atoms with Crippen molar-refractivity contribution in [2.45, 2.75) is 20.0 Å². The first-order chi connectivity index (χ1) is 12.1. The molecule has 0 aliphatic heterocycles. The number of rotatable bonds is 5. The molecule has 0 saturated carbocycles. The van der Waals surface area contributed by atoms with Crippen LogP contribution in [-0.2, 0) is 13.1 Å². The fourth-order valence-electron chi connectivity index (χ4n) is 2.86. The van der Waals surface area contributed by atoms with Crippen molar-refractivity contribution in [1.82, 2.24) is 19.8 Å². The average molecular weight is 463 g/mol. The van der Waals surface area contributed by atoms with Crippen LogP contribution in [0.15, 0.2) is 59.6 Å². The molecule has 0 unspecified atom stereocenters. The van der Waals surface area contributed by atoms with Crippen LogP contribution < -0.4 is 5.32 Å². The highest BCUT2D eigenvalue weighted by Crippen LogP contribution is 2.14. The van der Waals surface area contributed by atoms with Gasteiger partial charge in [-0.15, -0.1) is 24.0 Å². The number of aliphatic imine (C=N–C) groups is 1. The largest absolute Gasteiger partial charge is 0.354 e. The number of guanidine groups is 1. The van der Waals surface area contributed by atoms with E-state index in [-0.39, 0.29) is 24.0 Å². The maximum atomic E-state index is 4.70. The van der Waals surface area contributed by atoms with Crippen LogP contribution >= 0.6 is 24.0 Å². The maximum absolute atomic E-state index is 4.70. The first-order valence-electron chi connectivity index (χ1n) is 8.56. The second kappa shape index (κ2) is 9.56. The van der Waals surface area contributed by atoms with Crippen LogP contribution in [0, 0.1) is 6.92 Å². The molecule has 1 heterocycles. The lowest BCUT2D eigenvalue weighted by Crippen LogP contribution is -2.38. The van der Waals surface area contributed by atoms with E-state index in [0.717, 1.165) is 30.4 Å². The second-order valence-electron chi connectivity index (χ2n) is 6.25. The monoisotopic (exact) mass is 463 g/mol. The molecule has 1 aromatic heterocycles. The van der Waals surface area contributed by atoms with E-state index in [1.807, 2.05) is 43.3 Å². The molecule has 0 atom stereocenters. The Morgan fingerprint density at radius 3 is 2.50 bits per heavy atom. The molecule has 3 rings (SSSR count). The number of imidazole rings is 1. The molecule has 2 aromatic carbocycles. The van der Waals surface area contributed by atoms with E-state index < -0.39 is 0 Å². The second-order valence-corrected chi connectivity index (χ2v) is 6.25. The molecule has 0 aliphatic rings. The molecule has 1 N–H and O–H groups in total. The minimum absolute atomic E-state index is 0. The van der Waals surface area contributed by atoms with Gasteiger partial charge in [0, 0.05) is 27.2 Å². The molecule has 3 aromatic rings. The summed E-state index contributed by atoms with van der Waals surface area (Å²) in [6, 6.07) is 18.6. The molecule has 0 bridgehead atoms. The van der Waals surface area contributed by atoms with Crippen molar-refractivity contribution >= 4 is 41.0 Å². The standard InChI is InChI=1S/C20H25N5.HI/c1-16-23-18-11-7-8-12-19(18)25(16)14-13-21-20(24(2)3)22-15-17-9-5-4-6-10-17;/h4-12H,13-15H2,1-3H3,(H,21,22);1H. The third kappa shape index (κ3) is 4.97. The van der Waals surface area contributed by atoms with Gasteiger partial charge in [-0.2, -0.15) is 0 Å². The van der Waals surface area contributed by atoms with Crippen molar-refractivity contribution in [3.05, 3.63) is 66.0 Å². The Morgan fingerprint density at radius 1 is 1.08 bits per heavy atom. The summed E-state index contributed by atoms with van der Waals surface area (Å²) < 4.78 is 2.24. The normalized spacial score (nSPS) is 11.3. The lowest BCUT2D eigenvalue weighted by Gasteiger charge is -2.18. The van der Waals surface area contributed by atoms with Crippen molar-refractivity contribution in [3.63, 3.8) is 0 Å². The van der Waals surface area contributed by atoms with Crippen molar-refractivity contribution in [3.8, 4) is 0 Å². The van der Waals surface area contributed by atoms with Crippen molar-refractivity contribution in [2.75, 3.05) is 20.6 Å². The summed E-state index contributed by atoms with van der Waals surface area (Å²) in [6.45, 7) is 4.38. The fourth-order valence-corrected chi connectivity index (χ4v) is 2.86. The highest BCUT2D eigenvalue weighted by molar-refractivity contribution is 14.0. The number of benzene rings is 2. The lowest BCUT2D eigenvalue weighted by molar-refractivity contribution is 0.564. The van der Waals surface area contributed by atoms with E-state index >= 15 is 0 Å². The van der Waals surface area contributed by atoms with Gasteiger partial charge in [0.15, 0.2) is 5.96 Å². The van der Waals surface area contributed by atoms with Crippen LogP contribution in [0.5, 0.6) is 0 Å². The summed E-state index contributed by atoms with van der Waals surface area (Å²) in [7, 11) is 4.02. The van der Waals surface area contributed by atoms with Crippen LogP contribution in [-0.4, -0.2) is 41.1 Å². The predicted molar refractivity (Wildman–Crippen MR) is 119 cm³/mol. The quantitative estimate of drug-likeness (QED) is 0.357. The van der Waals surface area contributed by atoms with Crippen molar-refractivity contribution in [1.29, 1.82) is 0 Å². The van der Waals surface area contributed by atoms with Crippen LogP contribution in [0.3, 0.4) is 0 Å². The van der Waals surface area contributed by atoms with E-state index in [1.165, 1.54) is 11.1 Å². The molecule has 5 nitrogen and oxygen atoms in total. The van der Waals surface area contributed by atoms with Crippen molar-refractivity contribution < 1.29 is 0 Å². The molecule has 26 heavy (non-hydrogen) atoms. The Morgan fingerprint density at radius 2 is 1.77 bits per heavy atom. The Balaban J connectivity index is 0.00000243. The van der Waals surface area contributed by atoms with E-state index in [9.17, 15) is 0 Å². The van der Waals surface area contributed by atoms with E-state index in [1.54, 1.807) is 0 Å². The topological polar surface area (TPSA) is 45.5 Å². The molecule has 6 heteroatoms. The number of aryl methyl sites for hydroxylation is 1.